The molecule has 0 radical (unpaired) electrons. The van der Waals surface area contributed by atoms with E-state index in [1.54, 1.807) is 11.3 Å². The van der Waals surface area contributed by atoms with Gasteiger partial charge in [0.1, 0.15) is 0 Å². The number of carbonyl (C=O) groups is 1. The molecule has 2 aromatic rings. The van der Waals surface area contributed by atoms with Crippen molar-refractivity contribution in [2.75, 3.05) is 44.8 Å². The van der Waals surface area contributed by atoms with Gasteiger partial charge in [-0.05, 0) is 6.42 Å². The van der Waals surface area contributed by atoms with Crippen molar-refractivity contribution in [3.63, 3.8) is 0 Å². The standard InChI is InChI=1S/C16H21N5O2S/c1-19-11-12(2-3-14(19)22)21-5-4-17-15(21)13-10-18-16(24-13)20-6-8-23-9-7-20/h4-5,10,12H,2-3,6-9,11H2,1H3/t12-/m1/s1. The second kappa shape index (κ2) is 6.52. The predicted molar refractivity (Wildman–Crippen MR) is 92.3 cm³/mol. The van der Waals surface area contributed by atoms with E-state index in [2.05, 4.69) is 19.4 Å². The molecule has 2 fully saturated rings. The van der Waals surface area contributed by atoms with Crippen LogP contribution in [0.5, 0.6) is 0 Å². The summed E-state index contributed by atoms with van der Waals surface area (Å²) >= 11 is 1.67. The van der Waals surface area contributed by atoms with Gasteiger partial charge in [0.15, 0.2) is 11.0 Å². The SMILES string of the molecule is CN1C[C@H](n2ccnc2-c2cnc(N3CCOCC3)s2)CCC1=O. The highest BCUT2D eigenvalue weighted by molar-refractivity contribution is 7.18. The Bertz CT molecular complexity index is 722. The van der Waals surface area contributed by atoms with Crippen molar-refractivity contribution in [3.8, 4) is 10.7 Å². The molecular formula is C16H21N5O2S. The number of ether oxygens (including phenoxy) is 1. The lowest BCUT2D eigenvalue weighted by atomic mass is 10.1. The predicted octanol–water partition coefficient (Wildman–Crippen LogP) is 1.64. The van der Waals surface area contributed by atoms with Crippen LogP contribution in [0.3, 0.4) is 0 Å². The molecule has 0 unspecified atom stereocenters. The normalized spacial score (nSPS) is 22.2. The van der Waals surface area contributed by atoms with E-state index >= 15 is 0 Å². The van der Waals surface area contributed by atoms with Gasteiger partial charge in [0.05, 0.1) is 30.3 Å². The Hall–Kier alpha value is -1.93. The Morgan fingerprint density at radius 2 is 2.12 bits per heavy atom. The first-order valence-electron chi connectivity index (χ1n) is 8.28. The summed E-state index contributed by atoms with van der Waals surface area (Å²) in [7, 11) is 1.87. The number of imidazole rings is 1. The van der Waals surface area contributed by atoms with Gasteiger partial charge in [0, 0.05) is 45.5 Å². The van der Waals surface area contributed by atoms with Gasteiger partial charge in [0.2, 0.25) is 5.91 Å². The molecule has 128 valence electrons. The maximum Gasteiger partial charge on any atom is 0.222 e. The zero-order valence-corrected chi connectivity index (χ0v) is 14.5. The van der Waals surface area contributed by atoms with E-state index in [0.717, 1.165) is 55.1 Å². The molecule has 4 heterocycles. The largest absolute Gasteiger partial charge is 0.378 e. The number of aromatic nitrogens is 3. The number of likely N-dealkylation sites (tertiary alicyclic amines) is 1. The first kappa shape index (κ1) is 15.6. The molecule has 0 N–H and O–H groups in total. The molecule has 0 aliphatic carbocycles. The fourth-order valence-electron chi connectivity index (χ4n) is 3.28. The Morgan fingerprint density at radius 1 is 1.29 bits per heavy atom. The van der Waals surface area contributed by atoms with Crippen LogP contribution in [0.1, 0.15) is 18.9 Å². The number of amides is 1. The molecule has 0 saturated carbocycles. The number of carbonyl (C=O) groups excluding carboxylic acids is 1. The van der Waals surface area contributed by atoms with Gasteiger partial charge in [0.25, 0.3) is 0 Å². The second-order valence-electron chi connectivity index (χ2n) is 6.23. The highest BCUT2D eigenvalue weighted by atomic mass is 32.1. The Morgan fingerprint density at radius 3 is 2.92 bits per heavy atom. The first-order chi connectivity index (χ1) is 11.7. The molecule has 24 heavy (non-hydrogen) atoms. The van der Waals surface area contributed by atoms with E-state index < -0.39 is 0 Å². The van der Waals surface area contributed by atoms with Crippen LogP contribution in [0.15, 0.2) is 18.6 Å². The van der Waals surface area contributed by atoms with Crippen LogP contribution < -0.4 is 4.90 Å². The summed E-state index contributed by atoms with van der Waals surface area (Å²) in [5.74, 6) is 1.17. The molecular weight excluding hydrogens is 326 g/mol. The third-order valence-electron chi connectivity index (χ3n) is 4.66. The first-order valence-corrected chi connectivity index (χ1v) is 9.10. The average Bonchev–Trinajstić information content (AvgIpc) is 3.27. The minimum atomic E-state index is 0.223. The lowest BCUT2D eigenvalue weighted by Gasteiger charge is -2.31. The van der Waals surface area contributed by atoms with Crippen molar-refractivity contribution < 1.29 is 9.53 Å². The zero-order valence-electron chi connectivity index (χ0n) is 13.7. The van der Waals surface area contributed by atoms with Crippen molar-refractivity contribution >= 4 is 22.4 Å². The number of anilines is 1. The van der Waals surface area contributed by atoms with E-state index in [1.165, 1.54) is 0 Å². The molecule has 2 aromatic heterocycles. The maximum atomic E-state index is 11.7. The number of morpholine rings is 1. The summed E-state index contributed by atoms with van der Waals surface area (Å²) in [6.45, 7) is 4.02. The number of nitrogens with zero attached hydrogens (tertiary/aromatic N) is 5. The molecule has 0 aromatic carbocycles. The Balaban J connectivity index is 1.56. The third-order valence-corrected chi connectivity index (χ3v) is 5.71. The monoisotopic (exact) mass is 347 g/mol. The van der Waals surface area contributed by atoms with Gasteiger partial charge in [-0.3, -0.25) is 4.79 Å². The van der Waals surface area contributed by atoms with Gasteiger partial charge < -0.3 is 19.1 Å². The van der Waals surface area contributed by atoms with E-state index in [4.69, 9.17) is 4.74 Å². The molecule has 2 aliphatic heterocycles. The molecule has 8 heteroatoms. The number of hydrogen-bond acceptors (Lipinski definition) is 6. The van der Waals surface area contributed by atoms with Gasteiger partial charge in [-0.15, -0.1) is 0 Å². The van der Waals surface area contributed by atoms with Crippen molar-refractivity contribution in [1.82, 2.24) is 19.4 Å². The van der Waals surface area contributed by atoms with Crippen LogP contribution in [-0.4, -0.2) is 65.2 Å². The fourth-order valence-corrected chi connectivity index (χ4v) is 4.25. The molecule has 1 amide bonds. The molecule has 0 bridgehead atoms. The van der Waals surface area contributed by atoms with Crippen LogP contribution >= 0.6 is 11.3 Å². The topological polar surface area (TPSA) is 63.5 Å². The summed E-state index contributed by atoms with van der Waals surface area (Å²) in [5.41, 5.74) is 0. The number of thiazole rings is 1. The van der Waals surface area contributed by atoms with Gasteiger partial charge in [-0.1, -0.05) is 11.3 Å². The smallest absolute Gasteiger partial charge is 0.222 e. The van der Waals surface area contributed by atoms with Gasteiger partial charge >= 0.3 is 0 Å². The van der Waals surface area contributed by atoms with Gasteiger partial charge in [-0.2, -0.15) is 0 Å². The van der Waals surface area contributed by atoms with Crippen LogP contribution in [0.4, 0.5) is 5.13 Å². The minimum Gasteiger partial charge on any atom is -0.378 e. The highest BCUT2D eigenvalue weighted by Crippen LogP contribution is 2.33. The second-order valence-corrected chi connectivity index (χ2v) is 7.24. The van der Waals surface area contributed by atoms with Gasteiger partial charge in [-0.25, -0.2) is 9.97 Å². The molecule has 7 nitrogen and oxygen atoms in total. The van der Waals surface area contributed by atoms with Crippen molar-refractivity contribution in [2.24, 2.45) is 0 Å². The molecule has 2 saturated heterocycles. The van der Waals surface area contributed by atoms with Crippen LogP contribution in [-0.2, 0) is 9.53 Å². The Kier molecular flexibility index (Phi) is 4.24. The molecule has 0 spiro atoms. The number of rotatable bonds is 3. The summed E-state index contributed by atoms with van der Waals surface area (Å²) in [4.78, 5) is 26.0. The van der Waals surface area contributed by atoms with Crippen molar-refractivity contribution in [2.45, 2.75) is 18.9 Å². The lowest BCUT2D eigenvalue weighted by Crippen LogP contribution is -2.37. The van der Waals surface area contributed by atoms with E-state index in [-0.39, 0.29) is 11.9 Å². The zero-order chi connectivity index (χ0) is 16.5. The van der Waals surface area contributed by atoms with Crippen molar-refractivity contribution in [1.29, 1.82) is 0 Å². The van der Waals surface area contributed by atoms with E-state index in [0.29, 0.717) is 6.42 Å². The van der Waals surface area contributed by atoms with E-state index in [1.807, 2.05) is 30.5 Å². The van der Waals surface area contributed by atoms with Crippen LogP contribution in [0.2, 0.25) is 0 Å². The minimum absolute atomic E-state index is 0.223. The summed E-state index contributed by atoms with van der Waals surface area (Å²) in [5, 5.41) is 1.03. The lowest BCUT2D eigenvalue weighted by molar-refractivity contribution is -0.132. The molecule has 1 atom stereocenters. The number of likely N-dealkylation sites (N-methyl/N-ethyl adjacent to an activating group) is 1. The Labute approximate surface area is 144 Å². The quantitative estimate of drug-likeness (QED) is 0.845. The summed E-state index contributed by atoms with van der Waals surface area (Å²) in [6.07, 6.45) is 7.21. The van der Waals surface area contributed by atoms with Crippen LogP contribution in [0.25, 0.3) is 10.7 Å². The highest BCUT2D eigenvalue weighted by Gasteiger charge is 2.26. The summed E-state index contributed by atoms with van der Waals surface area (Å²) in [6, 6.07) is 0.277. The number of piperidine rings is 1. The molecule has 2 aliphatic rings. The van der Waals surface area contributed by atoms with Crippen molar-refractivity contribution in [3.05, 3.63) is 18.6 Å². The number of hydrogen-bond donors (Lipinski definition) is 0. The maximum absolute atomic E-state index is 11.7. The van der Waals surface area contributed by atoms with Crippen LogP contribution in [0, 0.1) is 0 Å². The fraction of sp³-hybridized carbons (Fsp3) is 0.562. The van der Waals surface area contributed by atoms with E-state index in [9.17, 15) is 4.79 Å². The third kappa shape index (κ3) is 2.91. The molecule has 4 rings (SSSR count). The summed E-state index contributed by atoms with van der Waals surface area (Å²) < 4.78 is 7.60. The average molecular weight is 347 g/mol.